The first-order valence-electron chi connectivity index (χ1n) is 8.44. The van der Waals surface area contributed by atoms with Crippen molar-refractivity contribution < 1.29 is 31.4 Å². The van der Waals surface area contributed by atoms with Crippen molar-refractivity contribution in [1.82, 2.24) is 0 Å². The Kier molecular flexibility index (Phi) is 5.96. The van der Waals surface area contributed by atoms with Gasteiger partial charge in [-0.1, -0.05) is 47.5 Å². The van der Waals surface area contributed by atoms with Gasteiger partial charge >= 0.3 is 12.4 Å². The fraction of sp³-hybridized carbons (Fsp3) is 0.300. The molecular weight excluding hydrogens is 441 g/mol. The van der Waals surface area contributed by atoms with Crippen molar-refractivity contribution in [3.8, 4) is 0 Å². The fourth-order valence-corrected chi connectivity index (χ4v) is 4.16. The Morgan fingerprint density at radius 3 is 2.00 bits per heavy atom. The first kappa shape index (κ1) is 22.0. The van der Waals surface area contributed by atoms with E-state index in [9.17, 15) is 31.4 Å². The third-order valence-corrected chi connectivity index (χ3v) is 5.45. The van der Waals surface area contributed by atoms with Gasteiger partial charge in [-0.2, -0.15) is 26.3 Å². The Hall–Kier alpha value is -1.70. The lowest BCUT2D eigenvalue weighted by Crippen LogP contribution is -2.39. The molecule has 0 fully saturated rings. The smallest absolute Gasteiger partial charge is 0.383 e. The van der Waals surface area contributed by atoms with Crippen LogP contribution in [0.5, 0.6) is 0 Å². The van der Waals surface area contributed by atoms with Crippen LogP contribution in [0, 0.1) is 5.92 Å². The molecule has 1 aliphatic rings. The van der Waals surface area contributed by atoms with Crippen molar-refractivity contribution in [1.29, 1.82) is 0 Å². The molecule has 0 saturated carbocycles. The molecule has 0 bridgehead atoms. The van der Waals surface area contributed by atoms with Crippen LogP contribution in [0.25, 0.3) is 0 Å². The maximum absolute atomic E-state index is 13.5. The van der Waals surface area contributed by atoms with Crippen LogP contribution in [-0.4, -0.2) is 23.6 Å². The molecule has 0 aliphatic heterocycles. The highest BCUT2D eigenvalue weighted by Gasteiger charge is 2.53. The summed E-state index contributed by atoms with van der Waals surface area (Å²) >= 11 is 11.9. The molecule has 0 aromatic heterocycles. The van der Waals surface area contributed by atoms with Crippen LogP contribution in [0.15, 0.2) is 54.6 Å². The quantitative estimate of drug-likeness (QED) is 0.395. The summed E-state index contributed by atoms with van der Waals surface area (Å²) in [6.45, 7) is 0. The molecule has 1 aliphatic carbocycles. The maximum atomic E-state index is 13.5. The van der Waals surface area contributed by atoms with Crippen molar-refractivity contribution in [3.05, 3.63) is 81.4 Å². The maximum Gasteiger partial charge on any atom is 0.414 e. The molecule has 0 heterocycles. The van der Waals surface area contributed by atoms with Crippen LogP contribution >= 0.6 is 23.2 Å². The summed E-state index contributed by atoms with van der Waals surface area (Å²) in [4.78, 5) is 0. The highest BCUT2D eigenvalue weighted by Crippen LogP contribution is 2.54. The molecule has 1 N–H and O–H groups in total. The predicted octanol–water partition coefficient (Wildman–Crippen LogP) is 6.88. The molecule has 2 aromatic carbocycles. The normalized spacial score (nSPS) is 23.4. The minimum Gasteiger partial charge on any atom is -0.383 e. The monoisotopic (exact) mass is 454 g/mol. The van der Waals surface area contributed by atoms with Gasteiger partial charge in [-0.05, 0) is 41.0 Å². The number of hydrogen-bond donors (Lipinski definition) is 1. The summed E-state index contributed by atoms with van der Waals surface area (Å²) in [6.07, 6.45) is -12.0. The van der Waals surface area contributed by atoms with Gasteiger partial charge in [0.25, 0.3) is 0 Å². The van der Waals surface area contributed by atoms with E-state index in [1.165, 1.54) is 42.5 Å². The first-order chi connectivity index (χ1) is 13.4. The van der Waals surface area contributed by atoms with Crippen LogP contribution in [-0.2, 0) is 0 Å². The van der Waals surface area contributed by atoms with E-state index in [4.69, 9.17) is 23.2 Å². The van der Waals surface area contributed by atoms with Gasteiger partial charge in [0.2, 0.25) is 0 Å². The number of aliphatic hydroxyl groups is 1. The van der Waals surface area contributed by atoms with E-state index in [0.717, 1.165) is 0 Å². The second-order valence-corrected chi connectivity index (χ2v) is 7.67. The van der Waals surface area contributed by atoms with Crippen molar-refractivity contribution in [2.24, 2.45) is 5.92 Å². The number of hydrogen-bond acceptors (Lipinski definition) is 1. The number of benzene rings is 2. The van der Waals surface area contributed by atoms with Gasteiger partial charge in [0.15, 0.2) is 6.10 Å². The lowest BCUT2D eigenvalue weighted by molar-refractivity contribution is -0.221. The van der Waals surface area contributed by atoms with Gasteiger partial charge in [-0.25, -0.2) is 0 Å². The van der Waals surface area contributed by atoms with Crippen molar-refractivity contribution >= 4 is 23.2 Å². The summed E-state index contributed by atoms with van der Waals surface area (Å²) in [7, 11) is 0. The van der Waals surface area contributed by atoms with Crippen molar-refractivity contribution in [3.63, 3.8) is 0 Å². The molecule has 156 valence electrons. The number of rotatable bonds is 3. The summed E-state index contributed by atoms with van der Waals surface area (Å²) in [5.74, 6) is -3.95. The Bertz CT molecular complexity index is 905. The molecular formula is C20H14Cl2F6O. The van der Waals surface area contributed by atoms with Crippen LogP contribution in [0.3, 0.4) is 0 Å². The Balaban J connectivity index is 2.21. The van der Waals surface area contributed by atoms with E-state index in [1.807, 2.05) is 0 Å². The molecule has 9 heteroatoms. The summed E-state index contributed by atoms with van der Waals surface area (Å²) in [5, 5.41) is 10.7. The van der Waals surface area contributed by atoms with E-state index >= 15 is 0 Å². The number of aliphatic hydroxyl groups excluding tert-OH is 1. The molecule has 0 spiro atoms. The van der Waals surface area contributed by atoms with E-state index in [2.05, 4.69) is 0 Å². The Labute approximate surface area is 172 Å². The molecule has 0 saturated heterocycles. The van der Waals surface area contributed by atoms with Crippen LogP contribution in [0.1, 0.15) is 28.5 Å². The average molecular weight is 455 g/mol. The molecule has 1 nitrogen and oxygen atoms in total. The van der Waals surface area contributed by atoms with Gasteiger partial charge in [0, 0.05) is 33.9 Å². The molecule has 0 unspecified atom stereocenters. The zero-order valence-electron chi connectivity index (χ0n) is 14.5. The highest BCUT2D eigenvalue weighted by molar-refractivity contribution is 6.31. The van der Waals surface area contributed by atoms with Crippen molar-refractivity contribution in [2.75, 3.05) is 0 Å². The largest absolute Gasteiger partial charge is 0.414 e. The zero-order valence-corrected chi connectivity index (χ0v) is 16.0. The van der Waals surface area contributed by atoms with Crippen LogP contribution < -0.4 is 0 Å². The summed E-state index contributed by atoms with van der Waals surface area (Å²) in [5.41, 5.74) is 0.974. The number of alkyl halides is 6. The SMILES string of the molecule is O[C@@H]([C@@H]1[C@@H](c2ccc(Cl)cc2)c2cc(Cl)ccc2[C@@H]1/C=C/C(F)(F)F)C(F)(F)F. The number of allylic oxidation sites excluding steroid dienone is 2. The standard InChI is InChI=1S/C20H14Cl2F6O/c21-11-3-1-10(2-4-11)16-15-9-12(22)5-6-13(15)14(7-8-19(23,24)25)17(16)18(29)20(26,27)28/h1-9,14,16-18,29H/b8-7+/t14-,16-,17-,18-/m0/s1. The Morgan fingerprint density at radius 1 is 0.862 bits per heavy atom. The molecule has 3 rings (SSSR count). The second kappa shape index (κ2) is 7.85. The fourth-order valence-electron chi connectivity index (χ4n) is 3.85. The lowest BCUT2D eigenvalue weighted by Gasteiger charge is -2.30. The zero-order chi connectivity index (χ0) is 21.6. The minimum absolute atomic E-state index is 0.101. The number of fused-ring (bicyclic) bond motifs is 1. The minimum atomic E-state index is -5.02. The van der Waals surface area contributed by atoms with E-state index < -0.39 is 36.2 Å². The van der Waals surface area contributed by atoms with Gasteiger partial charge < -0.3 is 5.11 Å². The van der Waals surface area contributed by atoms with Gasteiger partial charge in [-0.3, -0.25) is 0 Å². The first-order valence-corrected chi connectivity index (χ1v) is 9.20. The van der Waals surface area contributed by atoms with E-state index in [1.54, 1.807) is 0 Å². The molecule has 29 heavy (non-hydrogen) atoms. The van der Waals surface area contributed by atoms with Crippen LogP contribution in [0.2, 0.25) is 10.0 Å². The second-order valence-electron chi connectivity index (χ2n) is 6.79. The van der Waals surface area contributed by atoms with Crippen molar-refractivity contribution in [2.45, 2.75) is 30.3 Å². The van der Waals surface area contributed by atoms with E-state index in [-0.39, 0.29) is 16.7 Å². The summed E-state index contributed by atoms with van der Waals surface area (Å²) < 4.78 is 78.7. The third-order valence-electron chi connectivity index (χ3n) is 4.96. The number of halogens is 8. The highest BCUT2D eigenvalue weighted by atomic mass is 35.5. The topological polar surface area (TPSA) is 20.2 Å². The third kappa shape index (κ3) is 4.73. The van der Waals surface area contributed by atoms with Gasteiger partial charge in [-0.15, -0.1) is 0 Å². The molecule has 0 radical (unpaired) electrons. The van der Waals surface area contributed by atoms with Gasteiger partial charge in [0.05, 0.1) is 0 Å². The van der Waals surface area contributed by atoms with Gasteiger partial charge in [0.1, 0.15) is 0 Å². The van der Waals surface area contributed by atoms with E-state index in [0.29, 0.717) is 22.2 Å². The predicted molar refractivity (Wildman–Crippen MR) is 98.2 cm³/mol. The van der Waals surface area contributed by atoms with Crippen LogP contribution in [0.4, 0.5) is 26.3 Å². The molecule has 0 amide bonds. The molecule has 2 aromatic rings. The Morgan fingerprint density at radius 2 is 1.45 bits per heavy atom. The lowest BCUT2D eigenvalue weighted by atomic mass is 9.78. The summed E-state index contributed by atoms with van der Waals surface area (Å²) in [6, 6.07) is 10.1. The average Bonchev–Trinajstić information content (AvgIpc) is 2.91. The molecule has 4 atom stereocenters.